The van der Waals surface area contributed by atoms with Crippen molar-refractivity contribution in [3.63, 3.8) is 0 Å². The van der Waals surface area contributed by atoms with E-state index in [1.54, 1.807) is 24.3 Å². The highest BCUT2D eigenvalue weighted by Crippen LogP contribution is 2.45. The molecule has 6 heteroatoms. The largest absolute Gasteiger partial charge is 0.465 e. The summed E-state index contributed by atoms with van der Waals surface area (Å²) < 4.78 is 4.73. The summed E-state index contributed by atoms with van der Waals surface area (Å²) in [6, 6.07) is 13.8. The van der Waals surface area contributed by atoms with Crippen molar-refractivity contribution in [2.45, 2.75) is 18.4 Å². The van der Waals surface area contributed by atoms with Gasteiger partial charge in [-0.3, -0.25) is 0 Å². The van der Waals surface area contributed by atoms with Crippen molar-refractivity contribution in [2.24, 2.45) is 0 Å². The van der Waals surface area contributed by atoms with E-state index < -0.39 is 5.97 Å². The SMILES string of the molecule is COC(=O)c1ccccc1NC(=O)NC1(c2ccc(Cl)cc2)CC1. The summed E-state index contributed by atoms with van der Waals surface area (Å²) in [6.07, 6.45) is 1.72. The van der Waals surface area contributed by atoms with Crippen LogP contribution in [-0.4, -0.2) is 19.1 Å². The van der Waals surface area contributed by atoms with Crippen LogP contribution in [0.3, 0.4) is 0 Å². The highest BCUT2D eigenvalue weighted by Gasteiger charge is 2.45. The molecular weight excluding hydrogens is 328 g/mol. The molecule has 24 heavy (non-hydrogen) atoms. The van der Waals surface area contributed by atoms with Gasteiger partial charge in [-0.15, -0.1) is 0 Å². The molecule has 124 valence electrons. The van der Waals surface area contributed by atoms with Crippen LogP contribution in [0.1, 0.15) is 28.8 Å². The summed E-state index contributed by atoms with van der Waals surface area (Å²) in [4.78, 5) is 24.1. The average Bonchev–Trinajstić information content (AvgIpc) is 3.35. The number of carbonyl (C=O) groups is 2. The van der Waals surface area contributed by atoms with Crippen LogP contribution >= 0.6 is 11.6 Å². The first-order valence-electron chi connectivity index (χ1n) is 7.57. The number of urea groups is 1. The molecule has 2 amide bonds. The lowest BCUT2D eigenvalue weighted by atomic mass is 10.1. The highest BCUT2D eigenvalue weighted by atomic mass is 35.5. The molecule has 2 aromatic carbocycles. The molecule has 0 spiro atoms. The molecule has 2 N–H and O–H groups in total. The number of hydrogen-bond donors (Lipinski definition) is 2. The zero-order chi connectivity index (χ0) is 17.2. The van der Waals surface area contributed by atoms with Gasteiger partial charge >= 0.3 is 12.0 Å². The second kappa shape index (κ2) is 6.53. The Kier molecular flexibility index (Phi) is 4.44. The fraction of sp³-hybridized carbons (Fsp3) is 0.222. The first-order valence-corrected chi connectivity index (χ1v) is 7.94. The fourth-order valence-electron chi connectivity index (χ4n) is 2.63. The first-order chi connectivity index (χ1) is 11.5. The Balaban J connectivity index is 1.73. The van der Waals surface area contributed by atoms with Crippen molar-refractivity contribution in [1.29, 1.82) is 0 Å². The van der Waals surface area contributed by atoms with Crippen molar-refractivity contribution >= 4 is 29.3 Å². The molecule has 0 radical (unpaired) electrons. The average molecular weight is 345 g/mol. The number of anilines is 1. The third-order valence-corrected chi connectivity index (χ3v) is 4.33. The Morgan fingerprint density at radius 3 is 2.38 bits per heavy atom. The number of hydrogen-bond acceptors (Lipinski definition) is 3. The molecule has 1 fully saturated rings. The molecule has 2 aromatic rings. The van der Waals surface area contributed by atoms with Crippen LogP contribution in [-0.2, 0) is 10.3 Å². The Morgan fingerprint density at radius 2 is 1.75 bits per heavy atom. The monoisotopic (exact) mass is 344 g/mol. The summed E-state index contributed by atoms with van der Waals surface area (Å²) >= 11 is 5.91. The fourth-order valence-corrected chi connectivity index (χ4v) is 2.76. The molecule has 0 atom stereocenters. The van der Waals surface area contributed by atoms with E-state index in [0.717, 1.165) is 18.4 Å². The van der Waals surface area contributed by atoms with Gasteiger partial charge in [0, 0.05) is 5.02 Å². The van der Waals surface area contributed by atoms with Gasteiger partial charge in [-0.05, 0) is 42.7 Å². The quantitative estimate of drug-likeness (QED) is 0.825. The van der Waals surface area contributed by atoms with Gasteiger partial charge in [-0.1, -0.05) is 35.9 Å². The number of nitrogens with one attached hydrogen (secondary N) is 2. The molecule has 1 saturated carbocycles. The number of esters is 1. The normalized spacial score (nSPS) is 14.6. The van der Waals surface area contributed by atoms with Crippen LogP contribution in [0.2, 0.25) is 5.02 Å². The molecule has 0 heterocycles. The van der Waals surface area contributed by atoms with Gasteiger partial charge in [0.25, 0.3) is 0 Å². The van der Waals surface area contributed by atoms with Gasteiger partial charge < -0.3 is 15.4 Å². The van der Waals surface area contributed by atoms with Gasteiger partial charge in [0.1, 0.15) is 0 Å². The molecule has 0 bridgehead atoms. The smallest absolute Gasteiger partial charge is 0.339 e. The standard InChI is InChI=1S/C18H17ClN2O3/c1-24-16(22)14-4-2-3-5-15(14)20-17(23)21-18(10-11-18)12-6-8-13(19)9-7-12/h2-9H,10-11H2,1H3,(H2,20,21,23). The van der Waals surface area contributed by atoms with E-state index in [9.17, 15) is 9.59 Å². The molecule has 1 aliphatic carbocycles. The van der Waals surface area contributed by atoms with E-state index in [0.29, 0.717) is 16.3 Å². The summed E-state index contributed by atoms with van der Waals surface area (Å²) in [5.41, 5.74) is 1.37. The summed E-state index contributed by atoms with van der Waals surface area (Å²) in [7, 11) is 1.30. The van der Waals surface area contributed by atoms with Gasteiger partial charge in [0.2, 0.25) is 0 Å². The van der Waals surface area contributed by atoms with Gasteiger partial charge in [-0.25, -0.2) is 9.59 Å². The minimum Gasteiger partial charge on any atom is -0.465 e. The third kappa shape index (κ3) is 3.36. The maximum Gasteiger partial charge on any atom is 0.339 e. The Morgan fingerprint density at radius 1 is 1.08 bits per heavy atom. The predicted octanol–water partition coefficient (Wildman–Crippen LogP) is 3.94. The summed E-state index contributed by atoms with van der Waals surface area (Å²) in [5, 5.41) is 6.37. The number of amides is 2. The maximum absolute atomic E-state index is 12.4. The van der Waals surface area contributed by atoms with Crippen LogP contribution < -0.4 is 10.6 Å². The van der Waals surface area contributed by atoms with E-state index in [-0.39, 0.29) is 11.6 Å². The van der Waals surface area contributed by atoms with Gasteiger partial charge in [0.05, 0.1) is 23.9 Å². The second-order valence-corrected chi connectivity index (χ2v) is 6.14. The summed E-state index contributed by atoms with van der Waals surface area (Å²) in [5.74, 6) is -0.496. The van der Waals surface area contributed by atoms with Crippen molar-refractivity contribution in [3.05, 3.63) is 64.7 Å². The second-order valence-electron chi connectivity index (χ2n) is 5.71. The number of carbonyl (C=O) groups excluding carboxylic acids is 2. The van der Waals surface area contributed by atoms with Crippen LogP contribution in [0, 0.1) is 0 Å². The number of halogens is 1. The third-order valence-electron chi connectivity index (χ3n) is 4.08. The maximum atomic E-state index is 12.4. The summed E-state index contributed by atoms with van der Waals surface area (Å²) in [6.45, 7) is 0. The number of ether oxygens (including phenoxy) is 1. The Bertz CT molecular complexity index is 770. The molecule has 3 rings (SSSR count). The molecule has 1 aliphatic rings. The number of benzene rings is 2. The minimum absolute atomic E-state index is 0.312. The van der Waals surface area contributed by atoms with E-state index in [1.165, 1.54) is 7.11 Å². The van der Waals surface area contributed by atoms with Crippen LogP contribution in [0.4, 0.5) is 10.5 Å². The number of methoxy groups -OCH3 is 1. The minimum atomic E-state index is -0.496. The molecule has 5 nitrogen and oxygen atoms in total. The number of rotatable bonds is 4. The van der Waals surface area contributed by atoms with Gasteiger partial charge in [0.15, 0.2) is 0 Å². The molecule has 0 aliphatic heterocycles. The first kappa shape index (κ1) is 16.3. The lowest BCUT2D eigenvalue weighted by molar-refractivity contribution is 0.0602. The van der Waals surface area contributed by atoms with Crippen LogP contribution in [0.5, 0.6) is 0 Å². The lowest BCUT2D eigenvalue weighted by Crippen LogP contribution is -2.38. The van der Waals surface area contributed by atoms with E-state index >= 15 is 0 Å². The van der Waals surface area contributed by atoms with Crippen LogP contribution in [0.25, 0.3) is 0 Å². The van der Waals surface area contributed by atoms with E-state index in [1.807, 2.05) is 24.3 Å². The van der Waals surface area contributed by atoms with E-state index in [4.69, 9.17) is 16.3 Å². The molecular formula is C18H17ClN2O3. The van der Waals surface area contributed by atoms with Crippen molar-refractivity contribution < 1.29 is 14.3 Å². The topological polar surface area (TPSA) is 67.4 Å². The highest BCUT2D eigenvalue weighted by molar-refractivity contribution is 6.30. The predicted molar refractivity (Wildman–Crippen MR) is 92.3 cm³/mol. The van der Waals surface area contributed by atoms with Crippen LogP contribution in [0.15, 0.2) is 48.5 Å². The number of para-hydroxylation sites is 1. The van der Waals surface area contributed by atoms with Gasteiger partial charge in [-0.2, -0.15) is 0 Å². The molecule has 0 saturated heterocycles. The van der Waals surface area contributed by atoms with E-state index in [2.05, 4.69) is 10.6 Å². The zero-order valence-electron chi connectivity index (χ0n) is 13.1. The Labute approximate surface area is 145 Å². The van der Waals surface area contributed by atoms with Crippen molar-refractivity contribution in [3.8, 4) is 0 Å². The zero-order valence-corrected chi connectivity index (χ0v) is 13.9. The lowest BCUT2D eigenvalue weighted by Gasteiger charge is -2.19. The Hall–Kier alpha value is -2.53. The molecule has 0 aromatic heterocycles. The molecule has 0 unspecified atom stereocenters. The van der Waals surface area contributed by atoms with Crippen molar-refractivity contribution in [2.75, 3.05) is 12.4 Å². The van der Waals surface area contributed by atoms with Crippen molar-refractivity contribution in [1.82, 2.24) is 5.32 Å².